The molecule has 6 heteroatoms. The van der Waals surface area contributed by atoms with Gasteiger partial charge in [-0.3, -0.25) is 4.98 Å². The van der Waals surface area contributed by atoms with E-state index in [9.17, 15) is 8.42 Å². The van der Waals surface area contributed by atoms with E-state index in [1.165, 1.54) is 20.3 Å². The van der Waals surface area contributed by atoms with Crippen LogP contribution in [0, 0.1) is 0 Å². The van der Waals surface area contributed by atoms with Gasteiger partial charge >= 0.3 is 0 Å². The smallest absolute Gasteiger partial charge is 0.245 e. The number of hydrogen-bond acceptors (Lipinski definition) is 3. The van der Waals surface area contributed by atoms with Crippen molar-refractivity contribution < 1.29 is 8.42 Å². The van der Waals surface area contributed by atoms with E-state index in [-0.39, 0.29) is 9.92 Å². The predicted octanol–water partition coefficient (Wildman–Crippen LogP) is 2.14. The minimum Gasteiger partial charge on any atom is -0.255 e. The summed E-state index contributed by atoms with van der Waals surface area (Å²) >= 11 is 6.12. The zero-order valence-corrected chi connectivity index (χ0v) is 11.0. The second-order valence-electron chi connectivity index (χ2n) is 3.74. The van der Waals surface area contributed by atoms with Gasteiger partial charge in [-0.25, -0.2) is 12.7 Å². The van der Waals surface area contributed by atoms with Crippen LogP contribution < -0.4 is 0 Å². The lowest BCUT2D eigenvalue weighted by Gasteiger charge is -2.13. The third-order valence-electron chi connectivity index (χ3n) is 2.44. The number of pyridine rings is 1. The number of sulfonamides is 1. The monoisotopic (exact) mass is 270 g/mol. The van der Waals surface area contributed by atoms with E-state index in [4.69, 9.17) is 11.6 Å². The van der Waals surface area contributed by atoms with Crippen LogP contribution in [0.25, 0.3) is 10.9 Å². The molecule has 4 nitrogen and oxygen atoms in total. The van der Waals surface area contributed by atoms with Crippen molar-refractivity contribution >= 4 is 32.5 Å². The third kappa shape index (κ3) is 2.01. The number of rotatable bonds is 2. The quantitative estimate of drug-likeness (QED) is 0.840. The molecule has 17 heavy (non-hydrogen) atoms. The van der Waals surface area contributed by atoms with Gasteiger partial charge in [-0.15, -0.1) is 0 Å². The average Bonchev–Trinajstić information content (AvgIpc) is 2.29. The first kappa shape index (κ1) is 12.3. The summed E-state index contributed by atoms with van der Waals surface area (Å²) in [5.74, 6) is 0. The van der Waals surface area contributed by atoms with Crippen LogP contribution in [0.15, 0.2) is 35.4 Å². The molecule has 0 atom stereocenters. The molecule has 0 unspecified atom stereocenters. The molecule has 90 valence electrons. The maximum absolute atomic E-state index is 12.0. The Balaban J connectivity index is 2.78. The van der Waals surface area contributed by atoms with Gasteiger partial charge in [0.2, 0.25) is 10.0 Å². The average molecular weight is 271 g/mol. The van der Waals surface area contributed by atoms with Crippen LogP contribution >= 0.6 is 11.6 Å². The van der Waals surface area contributed by atoms with Gasteiger partial charge in [-0.2, -0.15) is 0 Å². The standard InChI is InChI=1S/C11H11ClN2O2S/c1-14(2)17(15,16)10-7-13-9-6-4-3-5-8(9)11(10)12/h3-7H,1-2H3. The summed E-state index contributed by atoms with van der Waals surface area (Å²) in [5.41, 5.74) is 0.676. The second kappa shape index (κ2) is 4.25. The Morgan fingerprint density at radius 3 is 2.53 bits per heavy atom. The van der Waals surface area contributed by atoms with Crippen LogP contribution in [0.1, 0.15) is 0 Å². The summed E-state index contributed by atoms with van der Waals surface area (Å²) in [5, 5.41) is 0.849. The van der Waals surface area contributed by atoms with E-state index < -0.39 is 10.0 Å². The van der Waals surface area contributed by atoms with Gasteiger partial charge < -0.3 is 0 Å². The fourth-order valence-corrected chi connectivity index (χ4v) is 2.88. The number of hydrogen-bond donors (Lipinski definition) is 0. The first-order valence-corrected chi connectivity index (χ1v) is 6.72. The van der Waals surface area contributed by atoms with Crippen LogP contribution in [-0.2, 0) is 10.0 Å². The third-order valence-corrected chi connectivity index (χ3v) is 4.78. The molecule has 0 saturated heterocycles. The van der Waals surface area contributed by atoms with E-state index in [0.717, 1.165) is 4.31 Å². The summed E-state index contributed by atoms with van der Waals surface area (Å²) in [4.78, 5) is 4.13. The van der Waals surface area contributed by atoms with Crippen molar-refractivity contribution in [1.82, 2.24) is 9.29 Å². The van der Waals surface area contributed by atoms with Crippen molar-refractivity contribution in [3.63, 3.8) is 0 Å². The van der Waals surface area contributed by atoms with Crippen molar-refractivity contribution in [2.75, 3.05) is 14.1 Å². The van der Waals surface area contributed by atoms with Crippen LogP contribution in [-0.4, -0.2) is 31.8 Å². The van der Waals surface area contributed by atoms with Gasteiger partial charge in [0.25, 0.3) is 0 Å². The van der Waals surface area contributed by atoms with Gasteiger partial charge in [0.05, 0.1) is 10.5 Å². The van der Waals surface area contributed by atoms with Gasteiger partial charge in [-0.1, -0.05) is 29.8 Å². The molecule has 2 aromatic rings. The van der Waals surface area contributed by atoms with E-state index >= 15 is 0 Å². The number of para-hydroxylation sites is 1. The molecule has 0 aliphatic carbocycles. The number of halogens is 1. The Morgan fingerprint density at radius 2 is 1.88 bits per heavy atom. The van der Waals surface area contributed by atoms with E-state index in [0.29, 0.717) is 10.9 Å². The second-order valence-corrected chi connectivity index (χ2v) is 6.24. The zero-order chi connectivity index (χ0) is 12.6. The Hall–Kier alpha value is -1.17. The molecule has 0 bridgehead atoms. The molecule has 1 aromatic carbocycles. The lowest BCUT2D eigenvalue weighted by molar-refractivity contribution is 0.520. The fourth-order valence-electron chi connectivity index (χ4n) is 1.47. The minimum absolute atomic E-state index is 0.0304. The molecule has 2 rings (SSSR count). The summed E-state index contributed by atoms with van der Waals surface area (Å²) in [6, 6.07) is 7.15. The summed E-state index contributed by atoms with van der Waals surface area (Å²) in [7, 11) is -0.642. The summed E-state index contributed by atoms with van der Waals surface area (Å²) < 4.78 is 25.1. The number of aromatic nitrogens is 1. The number of nitrogens with zero attached hydrogens (tertiary/aromatic N) is 2. The van der Waals surface area contributed by atoms with E-state index in [1.54, 1.807) is 18.2 Å². The molecule has 0 aliphatic heterocycles. The molecule has 0 amide bonds. The van der Waals surface area contributed by atoms with Crippen molar-refractivity contribution in [2.24, 2.45) is 0 Å². The number of benzene rings is 1. The molecule has 0 spiro atoms. The Morgan fingerprint density at radius 1 is 1.24 bits per heavy atom. The highest BCUT2D eigenvalue weighted by molar-refractivity contribution is 7.89. The van der Waals surface area contributed by atoms with Crippen LogP contribution in [0.5, 0.6) is 0 Å². The zero-order valence-electron chi connectivity index (χ0n) is 9.38. The lowest BCUT2D eigenvalue weighted by Crippen LogP contribution is -2.22. The number of fused-ring (bicyclic) bond motifs is 1. The Labute approximate surface area is 105 Å². The van der Waals surface area contributed by atoms with Gasteiger partial charge in [0, 0.05) is 25.7 Å². The molecular formula is C11H11ClN2O2S. The highest BCUT2D eigenvalue weighted by Gasteiger charge is 2.22. The van der Waals surface area contributed by atoms with Crippen LogP contribution in [0.3, 0.4) is 0 Å². The van der Waals surface area contributed by atoms with E-state index in [2.05, 4.69) is 4.98 Å². The first-order valence-electron chi connectivity index (χ1n) is 4.90. The van der Waals surface area contributed by atoms with E-state index in [1.807, 2.05) is 6.07 Å². The normalized spacial score (nSPS) is 12.2. The Kier molecular flexibility index (Phi) is 3.07. The minimum atomic E-state index is -3.56. The molecule has 1 heterocycles. The molecule has 0 saturated carbocycles. The topological polar surface area (TPSA) is 50.3 Å². The first-order chi connectivity index (χ1) is 7.94. The molecule has 1 aromatic heterocycles. The SMILES string of the molecule is CN(C)S(=O)(=O)c1cnc2ccccc2c1Cl. The predicted molar refractivity (Wildman–Crippen MR) is 67.6 cm³/mol. The van der Waals surface area contributed by atoms with Gasteiger partial charge in [0.1, 0.15) is 4.90 Å². The van der Waals surface area contributed by atoms with Gasteiger partial charge in [0.15, 0.2) is 0 Å². The van der Waals surface area contributed by atoms with Crippen molar-refractivity contribution in [3.05, 3.63) is 35.5 Å². The maximum atomic E-state index is 12.0. The fraction of sp³-hybridized carbons (Fsp3) is 0.182. The highest BCUT2D eigenvalue weighted by atomic mass is 35.5. The van der Waals surface area contributed by atoms with Gasteiger partial charge in [-0.05, 0) is 6.07 Å². The molecule has 0 aliphatic rings. The summed E-state index contributed by atoms with van der Waals surface area (Å²) in [6.07, 6.45) is 1.29. The van der Waals surface area contributed by atoms with Crippen molar-refractivity contribution in [1.29, 1.82) is 0 Å². The maximum Gasteiger partial charge on any atom is 0.245 e. The molecular weight excluding hydrogens is 260 g/mol. The largest absolute Gasteiger partial charge is 0.255 e. The molecule has 0 fully saturated rings. The molecule has 0 N–H and O–H groups in total. The lowest BCUT2D eigenvalue weighted by atomic mass is 10.2. The van der Waals surface area contributed by atoms with Crippen LogP contribution in [0.2, 0.25) is 5.02 Å². The van der Waals surface area contributed by atoms with Crippen molar-refractivity contribution in [2.45, 2.75) is 4.90 Å². The van der Waals surface area contributed by atoms with Crippen molar-refractivity contribution in [3.8, 4) is 0 Å². The van der Waals surface area contributed by atoms with Crippen LogP contribution in [0.4, 0.5) is 0 Å². The summed E-state index contributed by atoms with van der Waals surface area (Å²) in [6.45, 7) is 0. The highest BCUT2D eigenvalue weighted by Crippen LogP contribution is 2.29. The Bertz CT molecular complexity index is 668. The molecule has 0 radical (unpaired) electrons.